The molecule has 0 heterocycles. The summed E-state index contributed by atoms with van der Waals surface area (Å²) in [5.74, 6) is -0.169. The lowest BCUT2D eigenvalue weighted by molar-refractivity contribution is 0.0997. The number of hydrogen-bond donors (Lipinski definition) is 3. The van der Waals surface area contributed by atoms with Crippen molar-refractivity contribution in [1.82, 2.24) is 0 Å². The van der Waals surface area contributed by atoms with Gasteiger partial charge in [-0.25, -0.2) is 0 Å². The van der Waals surface area contributed by atoms with Gasteiger partial charge in [-0.15, -0.1) is 0 Å². The second-order valence-electron chi connectivity index (χ2n) is 2.77. The van der Waals surface area contributed by atoms with Crippen LogP contribution in [-0.4, -0.2) is 18.1 Å². The zero-order valence-electron chi connectivity index (χ0n) is 8.11. The molecule has 0 aliphatic heterocycles. The molecule has 1 aromatic rings. The molecule has 0 aliphatic carbocycles. The third-order valence-electron chi connectivity index (χ3n) is 1.73. The summed E-state index contributed by atoms with van der Waals surface area (Å²) in [6.45, 7) is 0. The number of hydrogen-bond acceptors (Lipinski definition) is 3. The van der Waals surface area contributed by atoms with Crippen molar-refractivity contribution in [1.29, 1.82) is 0 Å². The molecule has 0 unspecified atom stereocenters. The molecule has 0 radical (unpaired) electrons. The Labute approximate surface area is 92.4 Å². The molecule has 0 bridgehead atoms. The number of nitrogens with one attached hydrogen (secondary N) is 1. The lowest BCUT2D eigenvalue weighted by Crippen LogP contribution is -2.19. The number of amides is 1. The summed E-state index contributed by atoms with van der Waals surface area (Å²) in [5.41, 5.74) is 11.4. The highest BCUT2D eigenvalue weighted by molar-refractivity contribution is 7.80. The van der Waals surface area contributed by atoms with Crippen LogP contribution in [0.25, 0.3) is 0 Å². The molecule has 0 aromatic heterocycles. The number of anilines is 1. The molecule has 0 saturated heterocycles. The van der Waals surface area contributed by atoms with Crippen molar-refractivity contribution < 1.29 is 9.53 Å². The Morgan fingerprint density at radius 1 is 1.47 bits per heavy atom. The predicted octanol–water partition coefficient (Wildman–Crippen LogP) is 0.450. The van der Waals surface area contributed by atoms with Crippen molar-refractivity contribution in [3.8, 4) is 5.75 Å². The molecule has 6 heteroatoms. The van der Waals surface area contributed by atoms with Crippen molar-refractivity contribution in [2.45, 2.75) is 0 Å². The Morgan fingerprint density at radius 2 is 2.13 bits per heavy atom. The molecular weight excluding hydrogens is 214 g/mol. The van der Waals surface area contributed by atoms with Crippen LogP contribution in [0.2, 0.25) is 0 Å². The van der Waals surface area contributed by atoms with Gasteiger partial charge in [0.25, 0.3) is 5.91 Å². The normalized spacial score (nSPS) is 9.40. The first-order valence-electron chi connectivity index (χ1n) is 4.09. The number of nitrogens with two attached hydrogens (primary N) is 2. The molecule has 80 valence electrons. The van der Waals surface area contributed by atoms with Gasteiger partial charge >= 0.3 is 0 Å². The van der Waals surface area contributed by atoms with E-state index in [1.54, 1.807) is 18.2 Å². The van der Waals surface area contributed by atoms with Crippen LogP contribution in [0.15, 0.2) is 18.2 Å². The fourth-order valence-corrected chi connectivity index (χ4v) is 1.23. The Balaban J connectivity index is 3.07. The summed E-state index contributed by atoms with van der Waals surface area (Å²) >= 11 is 4.68. The van der Waals surface area contributed by atoms with Gasteiger partial charge in [0, 0.05) is 11.8 Å². The Hall–Kier alpha value is -1.82. The van der Waals surface area contributed by atoms with Gasteiger partial charge in [0.05, 0.1) is 12.7 Å². The third-order valence-corrected chi connectivity index (χ3v) is 1.84. The maximum absolute atomic E-state index is 11.0. The minimum absolute atomic E-state index is 0.142. The molecule has 0 fully saturated rings. The third kappa shape index (κ3) is 2.81. The molecule has 1 rings (SSSR count). The topological polar surface area (TPSA) is 90.4 Å². The van der Waals surface area contributed by atoms with E-state index < -0.39 is 5.91 Å². The highest BCUT2D eigenvalue weighted by atomic mass is 32.1. The van der Waals surface area contributed by atoms with Crippen LogP contribution >= 0.6 is 12.2 Å². The average molecular weight is 225 g/mol. The first kappa shape index (κ1) is 11.3. The van der Waals surface area contributed by atoms with Gasteiger partial charge in [-0.1, -0.05) is 0 Å². The van der Waals surface area contributed by atoms with Crippen molar-refractivity contribution in [2.75, 3.05) is 12.4 Å². The van der Waals surface area contributed by atoms with Crippen LogP contribution in [0.4, 0.5) is 5.69 Å². The SMILES string of the molecule is COc1cc(NC(N)=S)ccc1C(N)=O. The van der Waals surface area contributed by atoms with E-state index in [4.69, 9.17) is 16.2 Å². The van der Waals surface area contributed by atoms with Crippen LogP contribution in [0.5, 0.6) is 5.75 Å². The van der Waals surface area contributed by atoms with Crippen molar-refractivity contribution in [3.63, 3.8) is 0 Å². The maximum atomic E-state index is 11.0. The van der Waals surface area contributed by atoms with Crippen LogP contribution in [0, 0.1) is 0 Å². The molecule has 0 saturated carbocycles. The highest BCUT2D eigenvalue weighted by Crippen LogP contribution is 2.22. The van der Waals surface area contributed by atoms with Gasteiger partial charge in [-0.2, -0.15) is 0 Å². The number of thiocarbonyl (C=S) groups is 1. The minimum Gasteiger partial charge on any atom is -0.496 e. The number of ether oxygens (including phenoxy) is 1. The second-order valence-corrected chi connectivity index (χ2v) is 3.21. The molecule has 15 heavy (non-hydrogen) atoms. The summed E-state index contributed by atoms with van der Waals surface area (Å²) in [7, 11) is 1.45. The van der Waals surface area contributed by atoms with E-state index in [-0.39, 0.29) is 5.11 Å². The van der Waals surface area contributed by atoms with Crippen molar-refractivity contribution >= 4 is 28.9 Å². The second kappa shape index (κ2) is 4.61. The lowest BCUT2D eigenvalue weighted by Gasteiger charge is -2.09. The zero-order chi connectivity index (χ0) is 11.4. The first-order chi connectivity index (χ1) is 7.04. The van der Waals surface area contributed by atoms with E-state index in [2.05, 4.69) is 17.5 Å². The van der Waals surface area contributed by atoms with Crippen molar-refractivity contribution in [3.05, 3.63) is 23.8 Å². The number of methoxy groups -OCH3 is 1. The van der Waals surface area contributed by atoms with E-state index in [0.29, 0.717) is 17.0 Å². The first-order valence-corrected chi connectivity index (χ1v) is 4.49. The average Bonchev–Trinajstić information content (AvgIpc) is 2.16. The highest BCUT2D eigenvalue weighted by Gasteiger charge is 2.09. The van der Waals surface area contributed by atoms with E-state index in [1.807, 2.05) is 0 Å². The molecule has 0 aliphatic rings. The van der Waals surface area contributed by atoms with E-state index in [0.717, 1.165) is 0 Å². The molecular formula is C9H11N3O2S. The number of rotatable bonds is 3. The van der Waals surface area contributed by atoms with Crippen molar-refractivity contribution in [2.24, 2.45) is 11.5 Å². The summed E-state index contributed by atoms with van der Waals surface area (Å²) in [5, 5.41) is 2.87. The fraction of sp³-hybridized carbons (Fsp3) is 0.111. The summed E-state index contributed by atoms with van der Waals surface area (Å²) < 4.78 is 5.00. The summed E-state index contributed by atoms with van der Waals surface area (Å²) in [6.07, 6.45) is 0. The van der Waals surface area contributed by atoms with Crippen LogP contribution < -0.4 is 21.5 Å². The van der Waals surface area contributed by atoms with Crippen LogP contribution in [-0.2, 0) is 0 Å². The van der Waals surface area contributed by atoms with Gasteiger partial charge in [-0.3, -0.25) is 4.79 Å². The van der Waals surface area contributed by atoms with Crippen LogP contribution in [0.3, 0.4) is 0 Å². The number of carbonyl (C=O) groups excluding carboxylic acids is 1. The molecule has 0 spiro atoms. The largest absolute Gasteiger partial charge is 0.496 e. The number of benzene rings is 1. The fourth-order valence-electron chi connectivity index (χ4n) is 1.11. The lowest BCUT2D eigenvalue weighted by atomic mass is 10.1. The summed E-state index contributed by atoms with van der Waals surface area (Å²) in [6, 6.07) is 4.78. The monoisotopic (exact) mass is 225 g/mol. The van der Waals surface area contributed by atoms with E-state index in [1.165, 1.54) is 7.11 Å². The standard InChI is InChI=1S/C9H11N3O2S/c1-14-7-4-5(12-9(11)15)2-3-6(7)8(10)13/h2-4H,1H3,(H2,10,13)(H3,11,12,15). The smallest absolute Gasteiger partial charge is 0.252 e. The molecule has 1 amide bonds. The quantitative estimate of drug-likeness (QED) is 0.650. The Morgan fingerprint density at radius 3 is 2.60 bits per heavy atom. The van der Waals surface area contributed by atoms with Gasteiger partial charge in [-0.05, 0) is 24.4 Å². The van der Waals surface area contributed by atoms with E-state index >= 15 is 0 Å². The Kier molecular flexibility index (Phi) is 3.46. The van der Waals surface area contributed by atoms with Gasteiger partial charge in [0.1, 0.15) is 5.75 Å². The zero-order valence-corrected chi connectivity index (χ0v) is 8.93. The number of primary amides is 1. The minimum atomic E-state index is -0.547. The molecule has 5 nitrogen and oxygen atoms in total. The molecule has 5 N–H and O–H groups in total. The van der Waals surface area contributed by atoms with E-state index in [9.17, 15) is 4.79 Å². The Bertz CT molecular complexity index is 406. The van der Waals surface area contributed by atoms with Gasteiger partial charge in [0.15, 0.2) is 5.11 Å². The molecule has 0 atom stereocenters. The number of carbonyl (C=O) groups is 1. The maximum Gasteiger partial charge on any atom is 0.252 e. The van der Waals surface area contributed by atoms with Gasteiger partial charge in [0.2, 0.25) is 0 Å². The summed E-state index contributed by atoms with van der Waals surface area (Å²) in [4.78, 5) is 11.0. The van der Waals surface area contributed by atoms with Crippen LogP contribution in [0.1, 0.15) is 10.4 Å². The predicted molar refractivity (Wildman–Crippen MR) is 61.9 cm³/mol. The van der Waals surface area contributed by atoms with Gasteiger partial charge < -0.3 is 21.5 Å². The molecule has 1 aromatic carbocycles.